The van der Waals surface area contributed by atoms with Gasteiger partial charge in [0.15, 0.2) is 5.69 Å². The van der Waals surface area contributed by atoms with Crippen LogP contribution in [0, 0.1) is 5.82 Å². The second-order valence-electron chi connectivity index (χ2n) is 3.83. The molecule has 0 bridgehead atoms. The van der Waals surface area contributed by atoms with E-state index in [2.05, 4.69) is 10.3 Å². The molecule has 2 rings (SSSR count). The summed E-state index contributed by atoms with van der Waals surface area (Å²) < 4.78 is 13.4. The maximum absolute atomic E-state index is 13.4. The number of nitrogens with one attached hydrogen (secondary N) is 1. The van der Waals surface area contributed by atoms with E-state index in [1.807, 2.05) is 0 Å². The van der Waals surface area contributed by atoms with Crippen molar-refractivity contribution in [2.45, 2.75) is 0 Å². The minimum Gasteiger partial charge on any atom is -0.505 e. The highest BCUT2D eigenvalue weighted by Crippen LogP contribution is 2.18. The number of benzene rings is 1. The number of halogens is 1. The van der Waals surface area contributed by atoms with Crippen LogP contribution in [0.2, 0.25) is 0 Å². The van der Waals surface area contributed by atoms with Crippen molar-refractivity contribution < 1.29 is 24.2 Å². The number of carboxylic acid groups (broad SMARTS) is 1. The van der Waals surface area contributed by atoms with Crippen molar-refractivity contribution in [3.63, 3.8) is 0 Å². The highest BCUT2D eigenvalue weighted by molar-refractivity contribution is 6.04. The summed E-state index contributed by atoms with van der Waals surface area (Å²) in [6, 6.07) is 5.89. The minimum atomic E-state index is -1.40. The Balaban J connectivity index is 2.23. The summed E-state index contributed by atoms with van der Waals surface area (Å²) in [7, 11) is 0. The monoisotopic (exact) mass is 276 g/mol. The predicted octanol–water partition coefficient (Wildman–Crippen LogP) is 1.88. The van der Waals surface area contributed by atoms with Gasteiger partial charge in [0, 0.05) is 11.9 Å². The average Bonchev–Trinajstić information content (AvgIpc) is 2.38. The summed E-state index contributed by atoms with van der Waals surface area (Å²) in [6.45, 7) is 0. The molecule has 0 spiro atoms. The first kappa shape index (κ1) is 13.5. The molecule has 2 aromatic rings. The van der Waals surface area contributed by atoms with Crippen LogP contribution < -0.4 is 5.32 Å². The Morgan fingerprint density at radius 3 is 2.60 bits per heavy atom. The molecule has 1 heterocycles. The molecule has 0 saturated heterocycles. The van der Waals surface area contributed by atoms with Gasteiger partial charge in [-0.1, -0.05) is 0 Å². The van der Waals surface area contributed by atoms with Crippen molar-refractivity contribution in [1.29, 1.82) is 0 Å². The molecule has 1 amide bonds. The van der Waals surface area contributed by atoms with Gasteiger partial charge in [0.05, 0.1) is 5.56 Å². The summed E-state index contributed by atoms with van der Waals surface area (Å²) in [5.41, 5.74) is -0.651. The van der Waals surface area contributed by atoms with Crippen LogP contribution in [0.5, 0.6) is 5.75 Å². The van der Waals surface area contributed by atoms with Crippen LogP contribution >= 0.6 is 0 Å². The van der Waals surface area contributed by atoms with Crippen molar-refractivity contribution >= 4 is 17.6 Å². The fraction of sp³-hybridized carbons (Fsp3) is 0. The Morgan fingerprint density at radius 1 is 1.25 bits per heavy atom. The second kappa shape index (κ2) is 5.35. The van der Waals surface area contributed by atoms with E-state index in [0.717, 1.165) is 12.1 Å². The first-order valence-corrected chi connectivity index (χ1v) is 5.47. The Bertz CT molecular complexity index is 688. The molecule has 102 valence electrons. The van der Waals surface area contributed by atoms with Gasteiger partial charge in [0.25, 0.3) is 5.91 Å². The van der Waals surface area contributed by atoms with Crippen molar-refractivity contribution in [2.75, 3.05) is 5.32 Å². The maximum atomic E-state index is 13.4. The SMILES string of the molecule is O=C(O)c1ccc(NC(=O)c2ncccc2O)cc1F. The van der Waals surface area contributed by atoms with Crippen LogP contribution in [0.15, 0.2) is 36.5 Å². The highest BCUT2D eigenvalue weighted by Gasteiger charge is 2.15. The molecule has 1 aromatic carbocycles. The average molecular weight is 276 g/mol. The number of carbonyl (C=O) groups excluding carboxylic acids is 1. The van der Waals surface area contributed by atoms with Crippen molar-refractivity contribution in [1.82, 2.24) is 4.98 Å². The van der Waals surface area contributed by atoms with E-state index >= 15 is 0 Å². The van der Waals surface area contributed by atoms with Crippen LogP contribution in [-0.4, -0.2) is 27.1 Å². The van der Waals surface area contributed by atoms with Gasteiger partial charge in [-0.25, -0.2) is 14.2 Å². The lowest BCUT2D eigenvalue weighted by molar-refractivity contribution is 0.0691. The number of aromatic carboxylic acids is 1. The number of carbonyl (C=O) groups is 2. The number of aromatic nitrogens is 1. The zero-order chi connectivity index (χ0) is 14.7. The van der Waals surface area contributed by atoms with Gasteiger partial charge in [-0.15, -0.1) is 0 Å². The summed E-state index contributed by atoms with van der Waals surface area (Å²) in [5, 5.41) is 20.4. The standard InChI is InChI=1S/C13H9FN2O4/c14-9-6-7(3-4-8(9)13(19)20)16-12(18)11-10(17)2-1-5-15-11/h1-6,17H,(H,16,18)(H,19,20). The molecule has 0 atom stereocenters. The number of aromatic hydroxyl groups is 1. The molecule has 0 radical (unpaired) electrons. The smallest absolute Gasteiger partial charge is 0.338 e. The molecule has 6 nitrogen and oxygen atoms in total. The number of hydrogen-bond donors (Lipinski definition) is 3. The molecule has 0 aliphatic carbocycles. The summed E-state index contributed by atoms with van der Waals surface area (Å²) >= 11 is 0. The van der Waals surface area contributed by atoms with Crippen LogP contribution in [0.25, 0.3) is 0 Å². The molecule has 0 unspecified atom stereocenters. The van der Waals surface area contributed by atoms with Crippen LogP contribution in [0.3, 0.4) is 0 Å². The number of rotatable bonds is 3. The molecule has 0 saturated carbocycles. The Hall–Kier alpha value is -2.96. The van der Waals surface area contributed by atoms with E-state index in [4.69, 9.17) is 5.11 Å². The number of nitrogens with zero attached hydrogens (tertiary/aromatic N) is 1. The lowest BCUT2D eigenvalue weighted by Gasteiger charge is -2.06. The minimum absolute atomic E-state index is 0.0579. The zero-order valence-corrected chi connectivity index (χ0v) is 10.0. The molecule has 7 heteroatoms. The van der Waals surface area contributed by atoms with Gasteiger partial charge in [-0.2, -0.15) is 0 Å². The Kier molecular flexibility index (Phi) is 3.60. The van der Waals surface area contributed by atoms with E-state index in [0.29, 0.717) is 0 Å². The highest BCUT2D eigenvalue weighted by atomic mass is 19.1. The Labute approximate surface area is 112 Å². The Morgan fingerprint density at radius 2 is 2.00 bits per heavy atom. The fourth-order valence-electron chi connectivity index (χ4n) is 1.53. The molecule has 0 aliphatic heterocycles. The third-order valence-electron chi connectivity index (χ3n) is 2.46. The zero-order valence-electron chi connectivity index (χ0n) is 10.0. The fourth-order valence-corrected chi connectivity index (χ4v) is 1.53. The summed E-state index contributed by atoms with van der Waals surface area (Å²) in [6.07, 6.45) is 1.32. The quantitative estimate of drug-likeness (QED) is 0.794. The van der Waals surface area contributed by atoms with E-state index in [-0.39, 0.29) is 17.1 Å². The largest absolute Gasteiger partial charge is 0.505 e. The number of amides is 1. The van der Waals surface area contributed by atoms with Gasteiger partial charge in [0.2, 0.25) is 0 Å². The molecule has 3 N–H and O–H groups in total. The molecule has 0 fully saturated rings. The number of pyridine rings is 1. The molecule has 20 heavy (non-hydrogen) atoms. The third-order valence-corrected chi connectivity index (χ3v) is 2.46. The lowest BCUT2D eigenvalue weighted by Crippen LogP contribution is -2.14. The van der Waals surface area contributed by atoms with Crippen LogP contribution in [0.4, 0.5) is 10.1 Å². The third kappa shape index (κ3) is 2.72. The number of carboxylic acids is 1. The van der Waals surface area contributed by atoms with Crippen LogP contribution in [0.1, 0.15) is 20.8 Å². The number of hydrogen-bond acceptors (Lipinski definition) is 4. The molecule has 0 aliphatic rings. The maximum Gasteiger partial charge on any atom is 0.338 e. The van der Waals surface area contributed by atoms with E-state index in [1.54, 1.807) is 0 Å². The summed E-state index contributed by atoms with van der Waals surface area (Å²) in [4.78, 5) is 26.1. The van der Waals surface area contributed by atoms with E-state index in [1.165, 1.54) is 24.4 Å². The summed E-state index contributed by atoms with van der Waals surface area (Å²) in [5.74, 6) is -3.42. The second-order valence-corrected chi connectivity index (χ2v) is 3.83. The van der Waals surface area contributed by atoms with Crippen LogP contribution in [-0.2, 0) is 0 Å². The van der Waals surface area contributed by atoms with E-state index in [9.17, 15) is 19.1 Å². The number of anilines is 1. The van der Waals surface area contributed by atoms with Gasteiger partial charge in [0.1, 0.15) is 11.6 Å². The van der Waals surface area contributed by atoms with Gasteiger partial charge in [-0.3, -0.25) is 4.79 Å². The lowest BCUT2D eigenvalue weighted by atomic mass is 10.2. The first-order valence-electron chi connectivity index (χ1n) is 5.47. The van der Waals surface area contributed by atoms with Crippen molar-refractivity contribution in [3.8, 4) is 5.75 Å². The van der Waals surface area contributed by atoms with Gasteiger partial charge >= 0.3 is 5.97 Å². The van der Waals surface area contributed by atoms with Gasteiger partial charge in [-0.05, 0) is 30.3 Å². The molecular formula is C13H9FN2O4. The normalized spacial score (nSPS) is 10.1. The van der Waals surface area contributed by atoms with Crippen molar-refractivity contribution in [2.24, 2.45) is 0 Å². The molecular weight excluding hydrogens is 267 g/mol. The van der Waals surface area contributed by atoms with E-state index < -0.39 is 23.3 Å². The van der Waals surface area contributed by atoms with Crippen molar-refractivity contribution in [3.05, 3.63) is 53.6 Å². The first-order chi connectivity index (χ1) is 9.49. The topological polar surface area (TPSA) is 99.5 Å². The molecule has 1 aromatic heterocycles. The van der Waals surface area contributed by atoms with Gasteiger partial charge < -0.3 is 15.5 Å². The predicted molar refractivity (Wildman–Crippen MR) is 67.2 cm³/mol.